The molecule has 76 valence electrons. The summed E-state index contributed by atoms with van der Waals surface area (Å²) in [5.74, 6) is 0.284. The molecule has 0 aliphatic heterocycles. The summed E-state index contributed by atoms with van der Waals surface area (Å²) in [4.78, 5) is 10.6. The number of benzene rings is 1. The minimum Gasteiger partial charge on any atom is -0.508 e. The van der Waals surface area contributed by atoms with E-state index in [1.165, 1.54) is 6.92 Å². The van der Waals surface area contributed by atoms with Crippen LogP contribution in [-0.4, -0.2) is 17.6 Å². The molecule has 14 heavy (non-hydrogen) atoms. The van der Waals surface area contributed by atoms with Crippen molar-refractivity contribution in [2.45, 2.75) is 20.3 Å². The molecule has 0 fully saturated rings. The number of amides is 1. The number of phenolic OH excluding ortho intramolecular Hbond substituents is 1. The van der Waals surface area contributed by atoms with Gasteiger partial charge in [0.15, 0.2) is 0 Å². The molecule has 2 N–H and O–H groups in total. The molecule has 3 nitrogen and oxygen atoms in total. The number of carbonyl (C=O) groups is 1. The van der Waals surface area contributed by atoms with Crippen molar-refractivity contribution in [2.24, 2.45) is 0 Å². The fourth-order valence-electron chi connectivity index (χ4n) is 1.19. The van der Waals surface area contributed by atoms with Crippen LogP contribution in [0.4, 0.5) is 0 Å². The van der Waals surface area contributed by atoms with Crippen LogP contribution in [0.25, 0.3) is 0 Å². The van der Waals surface area contributed by atoms with Crippen LogP contribution in [0, 0.1) is 6.92 Å². The van der Waals surface area contributed by atoms with E-state index in [1.807, 2.05) is 19.1 Å². The van der Waals surface area contributed by atoms with Gasteiger partial charge in [0.1, 0.15) is 5.75 Å². The highest BCUT2D eigenvalue weighted by atomic mass is 16.3. The number of carbonyl (C=O) groups excluding carboxylic acids is 1. The number of hydrogen-bond acceptors (Lipinski definition) is 2. The third kappa shape index (κ3) is 3.09. The Morgan fingerprint density at radius 1 is 1.50 bits per heavy atom. The van der Waals surface area contributed by atoms with Gasteiger partial charge in [0, 0.05) is 13.5 Å². The van der Waals surface area contributed by atoms with Crippen LogP contribution in [0.1, 0.15) is 18.1 Å². The molecule has 1 rings (SSSR count). The molecule has 1 aromatic rings. The fraction of sp³-hybridized carbons (Fsp3) is 0.364. The smallest absolute Gasteiger partial charge is 0.216 e. The molecule has 3 heteroatoms. The number of rotatable bonds is 3. The molecular formula is C11H15NO2. The lowest BCUT2D eigenvalue weighted by molar-refractivity contribution is -0.118. The summed E-state index contributed by atoms with van der Waals surface area (Å²) in [6.45, 7) is 3.96. The first kappa shape index (κ1) is 10.6. The van der Waals surface area contributed by atoms with Crippen LogP contribution in [-0.2, 0) is 11.2 Å². The van der Waals surface area contributed by atoms with E-state index in [1.54, 1.807) is 6.07 Å². The zero-order chi connectivity index (χ0) is 10.6. The van der Waals surface area contributed by atoms with Gasteiger partial charge in [0.05, 0.1) is 0 Å². The Morgan fingerprint density at radius 2 is 2.21 bits per heavy atom. The molecule has 0 atom stereocenters. The highest BCUT2D eigenvalue weighted by Crippen LogP contribution is 2.17. The topological polar surface area (TPSA) is 49.3 Å². The van der Waals surface area contributed by atoms with Crippen molar-refractivity contribution in [1.29, 1.82) is 0 Å². The minimum atomic E-state index is -0.0265. The maximum Gasteiger partial charge on any atom is 0.216 e. The summed E-state index contributed by atoms with van der Waals surface area (Å²) in [6.07, 6.45) is 0.743. The van der Waals surface area contributed by atoms with Gasteiger partial charge in [-0.05, 0) is 30.5 Å². The second kappa shape index (κ2) is 4.65. The molecule has 0 aliphatic carbocycles. The van der Waals surface area contributed by atoms with Crippen molar-refractivity contribution in [3.63, 3.8) is 0 Å². The van der Waals surface area contributed by atoms with E-state index in [0.717, 1.165) is 17.5 Å². The van der Waals surface area contributed by atoms with Crippen LogP contribution in [0.3, 0.4) is 0 Å². The number of nitrogens with one attached hydrogen (secondary N) is 1. The highest BCUT2D eigenvalue weighted by molar-refractivity contribution is 5.72. The first-order valence-electron chi connectivity index (χ1n) is 4.62. The average Bonchev–Trinajstić information content (AvgIpc) is 2.10. The molecule has 0 aromatic heterocycles. The number of aryl methyl sites for hydroxylation is 1. The van der Waals surface area contributed by atoms with Gasteiger partial charge < -0.3 is 10.4 Å². The standard InChI is InChI=1S/C11H15NO2/c1-8-3-4-10(7-11(8)14)5-6-12-9(2)13/h3-4,7,14H,5-6H2,1-2H3,(H,12,13). The van der Waals surface area contributed by atoms with Crippen LogP contribution in [0.2, 0.25) is 0 Å². The minimum absolute atomic E-state index is 0.0265. The van der Waals surface area contributed by atoms with Crippen molar-refractivity contribution in [1.82, 2.24) is 5.32 Å². The maximum atomic E-state index is 10.6. The summed E-state index contributed by atoms with van der Waals surface area (Å²) in [5.41, 5.74) is 1.90. The Labute approximate surface area is 83.8 Å². The molecule has 0 heterocycles. The highest BCUT2D eigenvalue weighted by Gasteiger charge is 1.98. The third-order valence-corrected chi connectivity index (χ3v) is 2.06. The second-order valence-electron chi connectivity index (χ2n) is 3.35. The maximum absolute atomic E-state index is 10.6. The van der Waals surface area contributed by atoms with Crippen LogP contribution in [0.5, 0.6) is 5.75 Å². The summed E-state index contributed by atoms with van der Waals surface area (Å²) < 4.78 is 0. The zero-order valence-corrected chi connectivity index (χ0v) is 8.50. The van der Waals surface area contributed by atoms with Crippen molar-refractivity contribution >= 4 is 5.91 Å². The summed E-state index contributed by atoms with van der Waals surface area (Å²) in [7, 11) is 0. The van der Waals surface area contributed by atoms with Crippen LogP contribution < -0.4 is 5.32 Å². The predicted octanol–water partition coefficient (Wildman–Crippen LogP) is 1.38. The molecule has 0 spiro atoms. The van der Waals surface area contributed by atoms with E-state index in [2.05, 4.69) is 5.32 Å². The lowest BCUT2D eigenvalue weighted by Crippen LogP contribution is -2.22. The molecule has 0 aliphatic rings. The van der Waals surface area contributed by atoms with Crippen molar-refractivity contribution in [3.8, 4) is 5.75 Å². The van der Waals surface area contributed by atoms with E-state index in [4.69, 9.17) is 0 Å². The molecule has 0 saturated carbocycles. The number of phenols is 1. The third-order valence-electron chi connectivity index (χ3n) is 2.06. The van der Waals surface area contributed by atoms with Gasteiger partial charge in [-0.1, -0.05) is 12.1 Å². The van der Waals surface area contributed by atoms with E-state index in [9.17, 15) is 9.90 Å². The molecule has 0 saturated heterocycles. The zero-order valence-electron chi connectivity index (χ0n) is 8.50. The van der Waals surface area contributed by atoms with E-state index in [0.29, 0.717) is 12.3 Å². The summed E-state index contributed by atoms with van der Waals surface area (Å²) in [5, 5.41) is 12.1. The van der Waals surface area contributed by atoms with Gasteiger partial charge in [-0.15, -0.1) is 0 Å². The van der Waals surface area contributed by atoms with E-state index < -0.39 is 0 Å². The molecular weight excluding hydrogens is 178 g/mol. The Bertz CT molecular complexity index is 334. The summed E-state index contributed by atoms with van der Waals surface area (Å²) in [6, 6.07) is 5.56. The molecule has 0 bridgehead atoms. The first-order valence-corrected chi connectivity index (χ1v) is 4.62. The average molecular weight is 193 g/mol. The molecule has 0 unspecified atom stereocenters. The van der Waals surface area contributed by atoms with Crippen LogP contribution in [0.15, 0.2) is 18.2 Å². The number of aromatic hydroxyl groups is 1. The molecule has 1 amide bonds. The monoisotopic (exact) mass is 193 g/mol. The SMILES string of the molecule is CC(=O)NCCc1ccc(C)c(O)c1. The first-order chi connectivity index (χ1) is 6.59. The van der Waals surface area contributed by atoms with Crippen LogP contribution >= 0.6 is 0 Å². The van der Waals surface area contributed by atoms with Gasteiger partial charge >= 0.3 is 0 Å². The largest absolute Gasteiger partial charge is 0.508 e. The van der Waals surface area contributed by atoms with Gasteiger partial charge in [-0.25, -0.2) is 0 Å². The fourth-order valence-corrected chi connectivity index (χ4v) is 1.19. The Hall–Kier alpha value is -1.51. The molecule has 1 aromatic carbocycles. The van der Waals surface area contributed by atoms with E-state index in [-0.39, 0.29) is 5.91 Å². The predicted molar refractivity (Wildman–Crippen MR) is 55.2 cm³/mol. The van der Waals surface area contributed by atoms with Gasteiger partial charge in [0.2, 0.25) is 5.91 Å². The van der Waals surface area contributed by atoms with Gasteiger partial charge in [-0.3, -0.25) is 4.79 Å². The van der Waals surface area contributed by atoms with Crippen molar-refractivity contribution in [3.05, 3.63) is 29.3 Å². The Balaban J connectivity index is 2.51. The number of hydrogen-bond donors (Lipinski definition) is 2. The quantitative estimate of drug-likeness (QED) is 0.762. The lowest BCUT2D eigenvalue weighted by atomic mass is 10.1. The van der Waals surface area contributed by atoms with Gasteiger partial charge in [-0.2, -0.15) is 0 Å². The van der Waals surface area contributed by atoms with Crippen molar-refractivity contribution in [2.75, 3.05) is 6.54 Å². The van der Waals surface area contributed by atoms with E-state index >= 15 is 0 Å². The van der Waals surface area contributed by atoms with Crippen molar-refractivity contribution < 1.29 is 9.90 Å². The molecule has 0 radical (unpaired) electrons. The Morgan fingerprint density at radius 3 is 2.79 bits per heavy atom. The Kier molecular flexibility index (Phi) is 3.51. The second-order valence-corrected chi connectivity index (χ2v) is 3.35. The normalized spacial score (nSPS) is 9.86. The summed E-state index contributed by atoms with van der Waals surface area (Å²) >= 11 is 0. The lowest BCUT2D eigenvalue weighted by Gasteiger charge is -2.04. The van der Waals surface area contributed by atoms with Gasteiger partial charge in [0.25, 0.3) is 0 Å².